The fourth-order valence-electron chi connectivity index (χ4n) is 8.00. The lowest BCUT2D eigenvalue weighted by Gasteiger charge is -2.37. The third-order valence-electron chi connectivity index (χ3n) is 10.7. The molecular weight excluding hydrogens is 751 g/mol. The van der Waals surface area contributed by atoms with Gasteiger partial charge >= 0.3 is 5.97 Å². The molecule has 0 aliphatic rings. The second kappa shape index (κ2) is 17.8. The second-order valence-electron chi connectivity index (χ2n) is 16.3. The first-order valence-electron chi connectivity index (χ1n) is 20.1. The number of ether oxygens (including phenoxy) is 1. The van der Waals surface area contributed by atoms with Gasteiger partial charge in [0.2, 0.25) is 0 Å². The first kappa shape index (κ1) is 41.1. The van der Waals surface area contributed by atoms with E-state index in [0.29, 0.717) is 5.69 Å². The van der Waals surface area contributed by atoms with Crippen molar-refractivity contribution < 1.29 is 18.7 Å². The minimum Gasteiger partial charge on any atom is -0.460 e. The summed E-state index contributed by atoms with van der Waals surface area (Å²) in [5.41, 5.74) is 5.72. The molecule has 7 heteroatoms. The fourth-order valence-corrected chi connectivity index (χ4v) is 13.3. The minimum atomic E-state index is -2.58. The summed E-state index contributed by atoms with van der Waals surface area (Å²) < 4.78 is 20.2. The van der Waals surface area contributed by atoms with Crippen molar-refractivity contribution in [1.29, 1.82) is 0 Å². The lowest BCUT2D eigenvalue weighted by atomic mass is 9.92. The maximum atomic E-state index is 14.8. The number of carbonyl (C=O) groups excluding carboxylic acids is 2. The highest BCUT2D eigenvalue weighted by Gasteiger charge is 2.56. The van der Waals surface area contributed by atoms with Crippen LogP contribution in [0.5, 0.6) is 0 Å². The van der Waals surface area contributed by atoms with Gasteiger partial charge in [-0.3, -0.25) is 9.59 Å². The van der Waals surface area contributed by atoms with Gasteiger partial charge < -0.3 is 15.0 Å². The Kier molecular flexibility index (Phi) is 12.4. The number of H-pyrrole nitrogens is 1. The molecule has 0 radical (unpaired) electrons. The summed E-state index contributed by atoms with van der Waals surface area (Å²) >= 11 is 0. The van der Waals surface area contributed by atoms with Crippen LogP contribution in [-0.4, -0.2) is 16.9 Å². The smallest absolute Gasteiger partial charge is 0.311 e. The zero-order valence-corrected chi connectivity index (χ0v) is 35.2. The van der Waals surface area contributed by atoms with Gasteiger partial charge in [0.05, 0.1) is 11.1 Å². The molecule has 6 aromatic carbocycles. The van der Waals surface area contributed by atoms with Crippen molar-refractivity contribution in [3.63, 3.8) is 0 Å². The van der Waals surface area contributed by atoms with E-state index >= 15 is 0 Å². The number of esters is 1. The highest BCUT2D eigenvalue weighted by Crippen LogP contribution is 2.70. The summed E-state index contributed by atoms with van der Waals surface area (Å²) in [5, 5.41) is 6.88. The molecule has 59 heavy (non-hydrogen) atoms. The zero-order valence-electron chi connectivity index (χ0n) is 34.3. The molecule has 1 unspecified atom stereocenters. The molecule has 0 spiro atoms. The van der Waals surface area contributed by atoms with Gasteiger partial charge in [-0.25, -0.2) is 4.39 Å². The van der Waals surface area contributed by atoms with Gasteiger partial charge in [-0.05, 0) is 97.5 Å². The molecule has 5 nitrogen and oxygen atoms in total. The van der Waals surface area contributed by atoms with Crippen molar-refractivity contribution in [3.8, 4) is 22.3 Å². The van der Waals surface area contributed by atoms with Crippen LogP contribution in [-0.2, 0) is 22.7 Å². The number of rotatable bonds is 13. The number of benzene rings is 6. The van der Waals surface area contributed by atoms with Gasteiger partial charge in [-0.15, -0.1) is 0 Å². The Balaban J connectivity index is 1.41. The fraction of sp³-hybridized carbons (Fsp3) is 0.192. The second-order valence-corrected chi connectivity index (χ2v) is 19.8. The van der Waals surface area contributed by atoms with Crippen LogP contribution in [0.25, 0.3) is 22.3 Å². The Morgan fingerprint density at radius 1 is 0.627 bits per heavy atom. The Hall–Kier alpha value is -6.10. The minimum absolute atomic E-state index is 0.0718. The topological polar surface area (TPSA) is 71.2 Å². The Labute approximate surface area is 348 Å². The van der Waals surface area contributed by atoms with Crippen molar-refractivity contribution in [2.45, 2.75) is 53.4 Å². The predicted octanol–water partition coefficient (Wildman–Crippen LogP) is 11.2. The molecule has 1 aromatic heterocycles. The van der Waals surface area contributed by atoms with Crippen molar-refractivity contribution >= 4 is 35.1 Å². The van der Waals surface area contributed by atoms with Crippen LogP contribution in [0.2, 0.25) is 0 Å². The number of nitrogens with one attached hydrogen (secondary N) is 2. The number of hydrogen-bond acceptors (Lipinski definition) is 3. The van der Waals surface area contributed by atoms with E-state index in [-0.39, 0.29) is 42.4 Å². The molecule has 7 aromatic rings. The van der Waals surface area contributed by atoms with Crippen LogP contribution in [0.4, 0.5) is 4.39 Å². The average molecular weight is 802 g/mol. The molecule has 1 amide bonds. The molecule has 0 fully saturated rings. The Bertz CT molecular complexity index is 2380. The largest absolute Gasteiger partial charge is 0.460 e. The maximum absolute atomic E-state index is 14.8. The summed E-state index contributed by atoms with van der Waals surface area (Å²) in [4.78, 5) is 31.0. The third kappa shape index (κ3) is 8.70. The van der Waals surface area contributed by atoms with Crippen LogP contribution < -0.4 is 21.2 Å². The maximum Gasteiger partial charge on any atom is 0.311 e. The third-order valence-corrected chi connectivity index (χ3v) is 15.8. The standard InChI is InChI=1S/C52H50FN2O3P/c1-36(2)49(59(42-20-12-7-13-21-42,43-22-14-8-15-23-43)44-24-16-9-17-25-44)47-45(40-30-32-41(53)33-31-40)46(39-18-10-6-11-19-39)48(55-47)50(56)54-34-37-26-28-38(29-27-37)35-58-51(57)52(3,4)5/h6-33,36,49H,34-35H2,1-5H3,(H-,54,55,56)/p+1. The van der Waals surface area contributed by atoms with E-state index in [2.05, 4.69) is 115 Å². The summed E-state index contributed by atoms with van der Waals surface area (Å²) in [6.07, 6.45) is 0. The number of aromatic amines is 1. The van der Waals surface area contributed by atoms with E-state index in [1.54, 1.807) is 0 Å². The van der Waals surface area contributed by atoms with E-state index in [0.717, 1.165) is 39.1 Å². The normalized spacial score (nSPS) is 12.3. The van der Waals surface area contributed by atoms with Gasteiger partial charge in [0.15, 0.2) is 0 Å². The molecular formula is C52H51FN2O3P+. The van der Waals surface area contributed by atoms with Gasteiger partial charge in [0.1, 0.15) is 47.0 Å². The summed E-state index contributed by atoms with van der Waals surface area (Å²) in [6, 6.07) is 56.6. The van der Waals surface area contributed by atoms with Gasteiger partial charge in [-0.1, -0.05) is 135 Å². The predicted molar refractivity (Wildman–Crippen MR) is 241 cm³/mol. The molecule has 7 rings (SSSR count). The van der Waals surface area contributed by atoms with Crippen LogP contribution in [0.1, 0.15) is 67.6 Å². The molecule has 0 aliphatic heterocycles. The van der Waals surface area contributed by atoms with Crippen LogP contribution in [0.15, 0.2) is 170 Å². The van der Waals surface area contributed by atoms with Crippen molar-refractivity contribution in [1.82, 2.24) is 10.3 Å². The molecule has 0 aliphatic carbocycles. The van der Waals surface area contributed by atoms with E-state index in [4.69, 9.17) is 4.74 Å². The van der Waals surface area contributed by atoms with Crippen molar-refractivity contribution in [3.05, 3.63) is 198 Å². The van der Waals surface area contributed by atoms with Crippen LogP contribution in [0.3, 0.4) is 0 Å². The molecule has 0 saturated carbocycles. The van der Waals surface area contributed by atoms with Gasteiger partial charge in [0.25, 0.3) is 5.91 Å². The monoisotopic (exact) mass is 801 g/mol. The molecule has 2 N–H and O–H groups in total. The van der Waals surface area contributed by atoms with Crippen molar-refractivity contribution in [2.75, 3.05) is 0 Å². The molecule has 0 bridgehead atoms. The number of amides is 1. The highest BCUT2D eigenvalue weighted by atomic mass is 31.2. The molecule has 1 heterocycles. The highest BCUT2D eigenvalue weighted by molar-refractivity contribution is 7.96. The zero-order chi connectivity index (χ0) is 41.6. The molecule has 298 valence electrons. The molecule has 1 atom stereocenters. The SMILES string of the molecule is CC(C)C(c1[nH]c(C(=O)NCc2ccc(COC(=O)C(C)(C)C)cc2)c(-c2ccccc2)c1-c1ccc(F)cc1)[P+](c1ccccc1)(c1ccccc1)c1ccccc1. The van der Waals surface area contributed by atoms with E-state index in [9.17, 15) is 14.0 Å². The van der Waals surface area contributed by atoms with Gasteiger partial charge in [-0.2, -0.15) is 0 Å². The number of halogens is 1. The Morgan fingerprint density at radius 2 is 1.08 bits per heavy atom. The Morgan fingerprint density at radius 3 is 1.56 bits per heavy atom. The molecule has 0 saturated heterocycles. The average Bonchev–Trinajstić information content (AvgIpc) is 3.65. The number of carbonyl (C=O) groups is 2. The summed E-state index contributed by atoms with van der Waals surface area (Å²) in [6.45, 7) is 10.5. The van der Waals surface area contributed by atoms with E-state index in [1.165, 1.54) is 28.0 Å². The van der Waals surface area contributed by atoms with E-state index in [1.807, 2.05) is 87.5 Å². The summed E-state index contributed by atoms with van der Waals surface area (Å²) in [5.74, 6) is -0.776. The van der Waals surface area contributed by atoms with Crippen LogP contribution >= 0.6 is 7.26 Å². The summed E-state index contributed by atoms with van der Waals surface area (Å²) in [7, 11) is -2.58. The quantitative estimate of drug-likeness (QED) is 0.0901. The van der Waals surface area contributed by atoms with Gasteiger partial charge in [0, 0.05) is 17.7 Å². The first-order valence-corrected chi connectivity index (χ1v) is 22.0. The lowest BCUT2D eigenvalue weighted by Crippen LogP contribution is -2.37. The van der Waals surface area contributed by atoms with Crippen LogP contribution in [0, 0.1) is 17.2 Å². The number of hydrogen-bond donors (Lipinski definition) is 2. The lowest BCUT2D eigenvalue weighted by molar-refractivity contribution is -0.154. The first-order chi connectivity index (χ1) is 28.5. The van der Waals surface area contributed by atoms with Crippen molar-refractivity contribution in [2.24, 2.45) is 11.3 Å². The number of aromatic nitrogens is 1. The van der Waals surface area contributed by atoms with E-state index < -0.39 is 12.7 Å².